The summed E-state index contributed by atoms with van der Waals surface area (Å²) < 4.78 is 27.5. The van der Waals surface area contributed by atoms with Gasteiger partial charge in [0.15, 0.2) is 0 Å². The summed E-state index contributed by atoms with van der Waals surface area (Å²) in [5.74, 6) is -0.0101. The molecule has 6 heteroatoms. The molecule has 1 aliphatic rings. The molecule has 1 saturated heterocycles. The molecule has 2 aromatic rings. The van der Waals surface area contributed by atoms with Crippen LogP contribution in [0.1, 0.15) is 42.0 Å². The lowest BCUT2D eigenvalue weighted by Crippen LogP contribution is -2.34. The summed E-state index contributed by atoms with van der Waals surface area (Å²) in [6.45, 7) is 4.65. The Kier molecular flexibility index (Phi) is 5.97. The molecule has 0 saturated carbocycles. The van der Waals surface area contributed by atoms with Crippen molar-refractivity contribution in [2.75, 3.05) is 13.1 Å². The van der Waals surface area contributed by atoms with Crippen molar-refractivity contribution in [3.8, 4) is 0 Å². The minimum atomic E-state index is -3.61. The standard InChI is InChI=1S/C21H26N2O3S/c1-16-10-11-19(15-17(16)2)27(25,26)22-13-12-21(24)23-14-6-9-20(23)18-7-4-3-5-8-18/h3-5,7-8,10-11,15,20,22H,6,9,12-14H2,1-2H3. The lowest BCUT2D eigenvalue weighted by atomic mass is 10.0. The van der Waals surface area contributed by atoms with Crippen LogP contribution in [0.25, 0.3) is 0 Å². The van der Waals surface area contributed by atoms with Gasteiger partial charge in [-0.15, -0.1) is 0 Å². The molecule has 3 rings (SSSR count). The van der Waals surface area contributed by atoms with Crippen molar-refractivity contribution < 1.29 is 13.2 Å². The number of likely N-dealkylation sites (tertiary alicyclic amines) is 1. The lowest BCUT2D eigenvalue weighted by molar-refractivity contribution is -0.131. The van der Waals surface area contributed by atoms with E-state index in [1.807, 2.05) is 49.1 Å². The second kappa shape index (κ2) is 8.23. The quantitative estimate of drug-likeness (QED) is 0.828. The Hall–Kier alpha value is -2.18. The number of nitrogens with zero attached hydrogens (tertiary/aromatic N) is 1. The van der Waals surface area contributed by atoms with Crippen molar-refractivity contribution in [1.82, 2.24) is 9.62 Å². The minimum Gasteiger partial charge on any atom is -0.336 e. The maximum atomic E-state index is 12.6. The van der Waals surface area contributed by atoms with Crippen LogP contribution in [-0.2, 0) is 14.8 Å². The zero-order valence-electron chi connectivity index (χ0n) is 15.8. The van der Waals surface area contributed by atoms with Gasteiger partial charge in [-0.25, -0.2) is 13.1 Å². The van der Waals surface area contributed by atoms with Crippen molar-refractivity contribution in [2.45, 2.75) is 44.0 Å². The van der Waals surface area contributed by atoms with E-state index in [9.17, 15) is 13.2 Å². The zero-order valence-corrected chi connectivity index (χ0v) is 16.6. The van der Waals surface area contributed by atoms with E-state index in [1.165, 1.54) is 0 Å². The van der Waals surface area contributed by atoms with Gasteiger partial charge in [0.2, 0.25) is 15.9 Å². The van der Waals surface area contributed by atoms with Gasteiger partial charge in [-0.2, -0.15) is 0 Å². The molecule has 0 bridgehead atoms. The van der Waals surface area contributed by atoms with Crippen LogP contribution in [0.15, 0.2) is 53.4 Å². The summed E-state index contributed by atoms with van der Waals surface area (Å²) in [7, 11) is -3.61. The fraction of sp³-hybridized carbons (Fsp3) is 0.381. The van der Waals surface area contributed by atoms with Crippen LogP contribution in [0, 0.1) is 13.8 Å². The van der Waals surface area contributed by atoms with Crippen LogP contribution < -0.4 is 4.72 Å². The highest BCUT2D eigenvalue weighted by Crippen LogP contribution is 2.32. The molecule has 1 N–H and O–H groups in total. The highest BCUT2D eigenvalue weighted by atomic mass is 32.2. The molecular formula is C21H26N2O3S. The number of benzene rings is 2. The van der Waals surface area contributed by atoms with Gasteiger partial charge < -0.3 is 4.90 Å². The summed E-state index contributed by atoms with van der Waals surface area (Å²) in [6, 6.07) is 15.1. The highest BCUT2D eigenvalue weighted by molar-refractivity contribution is 7.89. The summed E-state index contributed by atoms with van der Waals surface area (Å²) in [6.07, 6.45) is 2.08. The van der Waals surface area contributed by atoms with E-state index in [0.717, 1.165) is 36.1 Å². The number of aryl methyl sites for hydroxylation is 2. The fourth-order valence-corrected chi connectivity index (χ4v) is 4.60. The van der Waals surface area contributed by atoms with E-state index in [0.29, 0.717) is 0 Å². The largest absolute Gasteiger partial charge is 0.336 e. The first kappa shape index (κ1) is 19.6. The smallest absolute Gasteiger partial charge is 0.240 e. The van der Waals surface area contributed by atoms with Gasteiger partial charge in [0, 0.05) is 19.5 Å². The number of hydrogen-bond donors (Lipinski definition) is 1. The van der Waals surface area contributed by atoms with Gasteiger partial charge in [0.25, 0.3) is 0 Å². The Morgan fingerprint density at radius 2 is 1.85 bits per heavy atom. The Morgan fingerprint density at radius 3 is 2.56 bits per heavy atom. The molecule has 1 fully saturated rings. The zero-order chi connectivity index (χ0) is 19.4. The van der Waals surface area contributed by atoms with Crippen LogP contribution in [-0.4, -0.2) is 32.3 Å². The van der Waals surface area contributed by atoms with E-state index in [4.69, 9.17) is 0 Å². The van der Waals surface area contributed by atoms with Crippen LogP contribution in [0.4, 0.5) is 0 Å². The first-order chi connectivity index (χ1) is 12.9. The van der Waals surface area contributed by atoms with Gasteiger partial charge in [0.05, 0.1) is 10.9 Å². The lowest BCUT2D eigenvalue weighted by Gasteiger charge is -2.25. The van der Waals surface area contributed by atoms with E-state index >= 15 is 0 Å². The average molecular weight is 387 g/mol. The Bertz CT molecular complexity index is 910. The van der Waals surface area contributed by atoms with Gasteiger partial charge in [-0.3, -0.25) is 4.79 Å². The maximum Gasteiger partial charge on any atom is 0.240 e. The maximum absolute atomic E-state index is 12.6. The molecule has 0 radical (unpaired) electrons. The summed E-state index contributed by atoms with van der Waals surface area (Å²) in [5.41, 5.74) is 3.11. The van der Waals surface area contributed by atoms with Gasteiger partial charge >= 0.3 is 0 Å². The molecule has 144 valence electrons. The van der Waals surface area contributed by atoms with E-state index in [2.05, 4.69) is 4.72 Å². The van der Waals surface area contributed by atoms with Crippen LogP contribution in [0.5, 0.6) is 0 Å². The van der Waals surface area contributed by atoms with Gasteiger partial charge in [0.1, 0.15) is 0 Å². The number of sulfonamides is 1. The SMILES string of the molecule is Cc1ccc(S(=O)(=O)NCCC(=O)N2CCCC2c2ccccc2)cc1C. The number of carbonyl (C=O) groups excluding carboxylic acids is 1. The monoisotopic (exact) mass is 386 g/mol. The molecule has 1 amide bonds. The van der Waals surface area contributed by atoms with Gasteiger partial charge in [-0.1, -0.05) is 36.4 Å². The summed E-state index contributed by atoms with van der Waals surface area (Å²) in [4.78, 5) is 14.8. The summed E-state index contributed by atoms with van der Waals surface area (Å²) >= 11 is 0. The number of nitrogens with one attached hydrogen (secondary N) is 1. The van der Waals surface area contributed by atoms with E-state index in [-0.39, 0.29) is 29.8 Å². The third kappa shape index (κ3) is 4.57. The topological polar surface area (TPSA) is 66.5 Å². The molecule has 1 heterocycles. The molecular weight excluding hydrogens is 360 g/mol. The van der Waals surface area contributed by atoms with Crippen molar-refractivity contribution >= 4 is 15.9 Å². The number of carbonyl (C=O) groups is 1. The summed E-state index contributed by atoms with van der Waals surface area (Å²) in [5, 5.41) is 0. The molecule has 2 aromatic carbocycles. The molecule has 1 unspecified atom stereocenters. The van der Waals surface area contributed by atoms with Crippen molar-refractivity contribution in [3.05, 3.63) is 65.2 Å². The molecule has 27 heavy (non-hydrogen) atoms. The molecule has 1 atom stereocenters. The third-order valence-corrected chi connectivity index (χ3v) is 6.64. The van der Waals surface area contributed by atoms with Gasteiger partial charge in [-0.05, 0) is 55.5 Å². The molecule has 0 spiro atoms. The predicted octanol–water partition coefficient (Wildman–Crippen LogP) is 3.34. The second-order valence-electron chi connectivity index (χ2n) is 7.05. The predicted molar refractivity (Wildman–Crippen MR) is 106 cm³/mol. The second-order valence-corrected chi connectivity index (χ2v) is 8.82. The number of hydrogen-bond acceptors (Lipinski definition) is 3. The molecule has 0 aliphatic carbocycles. The van der Waals surface area contributed by atoms with Crippen molar-refractivity contribution in [3.63, 3.8) is 0 Å². The first-order valence-electron chi connectivity index (χ1n) is 9.30. The van der Waals surface area contributed by atoms with Crippen LogP contribution in [0.2, 0.25) is 0 Å². The van der Waals surface area contributed by atoms with Crippen LogP contribution >= 0.6 is 0 Å². The third-order valence-electron chi connectivity index (χ3n) is 5.18. The number of amides is 1. The van der Waals surface area contributed by atoms with E-state index in [1.54, 1.807) is 18.2 Å². The average Bonchev–Trinajstić information content (AvgIpc) is 3.14. The fourth-order valence-electron chi connectivity index (χ4n) is 3.49. The first-order valence-corrected chi connectivity index (χ1v) is 10.8. The number of rotatable bonds is 6. The Balaban J connectivity index is 1.59. The minimum absolute atomic E-state index is 0.0101. The Morgan fingerprint density at radius 1 is 1.11 bits per heavy atom. The van der Waals surface area contributed by atoms with Crippen molar-refractivity contribution in [1.29, 1.82) is 0 Å². The van der Waals surface area contributed by atoms with Crippen LogP contribution in [0.3, 0.4) is 0 Å². The highest BCUT2D eigenvalue weighted by Gasteiger charge is 2.29. The molecule has 5 nitrogen and oxygen atoms in total. The molecule has 0 aromatic heterocycles. The molecule has 1 aliphatic heterocycles. The Labute approximate surface area is 161 Å². The van der Waals surface area contributed by atoms with E-state index < -0.39 is 10.0 Å². The van der Waals surface area contributed by atoms with Crippen molar-refractivity contribution in [2.24, 2.45) is 0 Å². The normalized spacial score (nSPS) is 17.3.